The van der Waals surface area contributed by atoms with E-state index in [0.717, 1.165) is 57.3 Å². The summed E-state index contributed by atoms with van der Waals surface area (Å²) in [6, 6.07) is 0. The van der Waals surface area contributed by atoms with Crippen LogP contribution in [0.3, 0.4) is 0 Å². The Morgan fingerprint density at radius 2 is 1.13 bits per heavy atom. The molecule has 1 unspecified atom stereocenters. The number of aromatic nitrogens is 3. The van der Waals surface area contributed by atoms with Crippen molar-refractivity contribution in [2.24, 2.45) is 0 Å². The minimum atomic E-state index is -0.390. The first-order chi connectivity index (χ1) is 26.1. The summed E-state index contributed by atoms with van der Waals surface area (Å²) in [5.41, 5.74) is 1.06. The van der Waals surface area contributed by atoms with E-state index in [4.69, 9.17) is 9.47 Å². The summed E-state index contributed by atoms with van der Waals surface area (Å²) in [6.45, 7) is 7.08. The largest absolute Gasteiger partial charge is 0.347 e. The van der Waals surface area contributed by atoms with Crippen LogP contribution >= 0.6 is 0 Å². The number of nitrogens with zero attached hydrogens (tertiary/aromatic N) is 4. The monoisotopic (exact) mass is 737 g/mol. The highest BCUT2D eigenvalue weighted by atomic mass is 16.7. The molecule has 0 bridgehead atoms. The Kier molecular flexibility index (Phi) is 29.6. The molecule has 0 spiro atoms. The maximum Gasteiger partial charge on any atom is 0.168 e. The van der Waals surface area contributed by atoms with Crippen molar-refractivity contribution in [3.63, 3.8) is 0 Å². The lowest BCUT2D eigenvalue weighted by molar-refractivity contribution is -0.179. The topological polar surface area (TPSA) is 52.4 Å². The first-order valence-corrected chi connectivity index (χ1v) is 22.5. The van der Waals surface area contributed by atoms with Crippen molar-refractivity contribution < 1.29 is 9.47 Å². The number of rotatable bonds is 36. The zero-order valence-corrected chi connectivity index (χ0v) is 35.3. The second kappa shape index (κ2) is 33.3. The van der Waals surface area contributed by atoms with Crippen LogP contribution in [0.15, 0.2) is 54.8 Å². The van der Waals surface area contributed by atoms with Gasteiger partial charge in [-0.3, -0.25) is 4.68 Å². The zero-order valence-electron chi connectivity index (χ0n) is 35.3. The van der Waals surface area contributed by atoms with Gasteiger partial charge < -0.3 is 14.4 Å². The average Bonchev–Trinajstić information content (AvgIpc) is 3.80. The zero-order chi connectivity index (χ0) is 37.9. The van der Waals surface area contributed by atoms with Crippen LogP contribution in [0.25, 0.3) is 0 Å². The van der Waals surface area contributed by atoms with Crippen LogP contribution in [0.2, 0.25) is 0 Å². The molecule has 1 aliphatic rings. The molecule has 0 aromatic carbocycles. The van der Waals surface area contributed by atoms with E-state index in [1.807, 2.05) is 4.68 Å². The van der Waals surface area contributed by atoms with Crippen molar-refractivity contribution in [1.29, 1.82) is 0 Å². The minimum absolute atomic E-state index is 0.149. The van der Waals surface area contributed by atoms with Gasteiger partial charge in [-0.15, -0.1) is 5.10 Å². The summed E-state index contributed by atoms with van der Waals surface area (Å²) < 4.78 is 15.3. The maximum absolute atomic E-state index is 6.80. The van der Waals surface area contributed by atoms with E-state index in [0.29, 0.717) is 6.61 Å². The van der Waals surface area contributed by atoms with Crippen LogP contribution in [-0.4, -0.2) is 59.0 Å². The molecular weight excluding hydrogens is 653 g/mol. The Labute approximate surface area is 328 Å². The van der Waals surface area contributed by atoms with Crippen LogP contribution in [0, 0.1) is 0 Å². The summed E-state index contributed by atoms with van der Waals surface area (Å²) in [5.74, 6) is -0.390. The van der Waals surface area contributed by atoms with Crippen LogP contribution < -0.4 is 0 Å². The molecule has 2 rings (SSSR count). The molecule has 6 heteroatoms. The lowest BCUT2D eigenvalue weighted by Crippen LogP contribution is -2.31. The van der Waals surface area contributed by atoms with Crippen LogP contribution in [-0.2, 0) is 22.4 Å². The molecule has 1 atom stereocenters. The molecule has 1 aromatic heterocycles. The Bertz CT molecular complexity index is 1030. The van der Waals surface area contributed by atoms with Gasteiger partial charge in [0.25, 0.3) is 0 Å². The summed E-state index contributed by atoms with van der Waals surface area (Å²) in [5, 5.41) is 8.76. The number of hydrogen-bond donors (Lipinski definition) is 0. The van der Waals surface area contributed by atoms with Crippen molar-refractivity contribution in [3.05, 3.63) is 60.5 Å². The van der Waals surface area contributed by atoms with Gasteiger partial charge in [-0.25, -0.2) is 0 Å². The molecule has 0 amide bonds. The molecule has 0 saturated carbocycles. The number of hydrogen-bond acceptors (Lipinski definition) is 5. The highest BCUT2D eigenvalue weighted by molar-refractivity contribution is 4.95. The Morgan fingerprint density at radius 3 is 1.62 bits per heavy atom. The van der Waals surface area contributed by atoms with E-state index in [1.54, 1.807) is 0 Å². The predicted molar refractivity (Wildman–Crippen MR) is 228 cm³/mol. The standard InChI is InChI=1S/C47H84N4O2/c1-5-7-9-11-13-15-17-19-21-23-25-27-29-31-33-35-39-47(40-36-34-32-30-28-26-24-22-20-18-16-14-12-10-8-6-2)52-44-46(53-47)38-37-45-43-51(49-48-45)42-41-50(3)4/h13-16,19-22,43,46H,5-12,17-18,23-42,44H2,1-4H3. The van der Waals surface area contributed by atoms with Gasteiger partial charge in [0.05, 0.1) is 24.9 Å². The number of unbranched alkanes of at least 4 members (excludes halogenated alkanes) is 18. The second-order valence-electron chi connectivity index (χ2n) is 15.9. The molecule has 2 heterocycles. The predicted octanol–water partition coefficient (Wildman–Crippen LogP) is 13.3. The number of aryl methyl sites for hydroxylation is 1. The van der Waals surface area contributed by atoms with Gasteiger partial charge in [0.15, 0.2) is 5.79 Å². The summed E-state index contributed by atoms with van der Waals surface area (Å²) in [7, 11) is 4.18. The van der Waals surface area contributed by atoms with Gasteiger partial charge in [-0.05, 0) is 104 Å². The summed E-state index contributed by atoms with van der Waals surface area (Å²) >= 11 is 0. The molecule has 0 N–H and O–H groups in total. The average molecular weight is 737 g/mol. The van der Waals surface area contributed by atoms with E-state index >= 15 is 0 Å². The molecule has 6 nitrogen and oxygen atoms in total. The van der Waals surface area contributed by atoms with E-state index < -0.39 is 5.79 Å². The minimum Gasteiger partial charge on any atom is -0.347 e. The first-order valence-electron chi connectivity index (χ1n) is 22.5. The van der Waals surface area contributed by atoms with Gasteiger partial charge in [0.2, 0.25) is 0 Å². The van der Waals surface area contributed by atoms with Crippen LogP contribution in [0.1, 0.15) is 193 Å². The number of ether oxygens (including phenoxy) is 2. The first kappa shape index (κ1) is 47.1. The third kappa shape index (κ3) is 26.4. The molecule has 1 fully saturated rings. The van der Waals surface area contributed by atoms with Crippen molar-refractivity contribution in [1.82, 2.24) is 19.9 Å². The van der Waals surface area contributed by atoms with E-state index in [2.05, 4.69) is 98.0 Å². The molecule has 53 heavy (non-hydrogen) atoms. The normalized spacial score (nSPS) is 18.1. The smallest absolute Gasteiger partial charge is 0.168 e. The third-order valence-corrected chi connectivity index (χ3v) is 10.5. The molecule has 304 valence electrons. The van der Waals surface area contributed by atoms with Crippen molar-refractivity contribution in [3.8, 4) is 0 Å². The highest BCUT2D eigenvalue weighted by Crippen LogP contribution is 2.36. The van der Waals surface area contributed by atoms with Gasteiger partial charge in [0.1, 0.15) is 0 Å². The molecular formula is C47H84N4O2. The quantitative estimate of drug-likeness (QED) is 0.0507. The second-order valence-corrected chi connectivity index (χ2v) is 15.9. The van der Waals surface area contributed by atoms with Crippen molar-refractivity contribution >= 4 is 0 Å². The van der Waals surface area contributed by atoms with Crippen molar-refractivity contribution in [2.75, 3.05) is 27.2 Å². The SMILES string of the molecule is CCCCCC=CCC=CCCCCCCCCC1(CCCCCCCCC=CCC=CCCCCC)OCC(CCc2cn(CCN(C)C)nn2)O1. The Hall–Kier alpha value is -2.02. The van der Waals surface area contributed by atoms with Gasteiger partial charge in [0, 0.05) is 25.6 Å². The van der Waals surface area contributed by atoms with Crippen molar-refractivity contribution in [2.45, 2.75) is 212 Å². The number of likely N-dealkylation sites (N-methyl/N-ethyl adjacent to an activating group) is 1. The Balaban J connectivity index is 1.65. The fourth-order valence-corrected chi connectivity index (χ4v) is 7.08. The lowest BCUT2D eigenvalue weighted by Gasteiger charge is -2.28. The molecule has 0 aliphatic carbocycles. The number of allylic oxidation sites excluding steroid dienone is 8. The summed E-state index contributed by atoms with van der Waals surface area (Å²) in [6.07, 6.45) is 55.6. The van der Waals surface area contributed by atoms with Gasteiger partial charge >= 0.3 is 0 Å². The van der Waals surface area contributed by atoms with E-state index in [1.165, 1.54) is 141 Å². The highest BCUT2D eigenvalue weighted by Gasteiger charge is 2.40. The lowest BCUT2D eigenvalue weighted by atomic mass is 9.98. The molecule has 1 aromatic rings. The summed E-state index contributed by atoms with van der Waals surface area (Å²) in [4.78, 5) is 2.18. The Morgan fingerprint density at radius 1 is 0.660 bits per heavy atom. The third-order valence-electron chi connectivity index (χ3n) is 10.5. The maximum atomic E-state index is 6.80. The van der Waals surface area contributed by atoms with E-state index in [-0.39, 0.29) is 6.10 Å². The van der Waals surface area contributed by atoms with Gasteiger partial charge in [-0.2, -0.15) is 0 Å². The van der Waals surface area contributed by atoms with E-state index in [9.17, 15) is 0 Å². The molecule has 1 aliphatic heterocycles. The fourth-order valence-electron chi connectivity index (χ4n) is 7.08. The van der Waals surface area contributed by atoms with Gasteiger partial charge in [-0.1, -0.05) is 145 Å². The molecule has 1 saturated heterocycles. The molecule has 0 radical (unpaired) electrons. The van der Waals surface area contributed by atoms with Crippen LogP contribution in [0.4, 0.5) is 0 Å². The fraction of sp³-hybridized carbons (Fsp3) is 0.787. The van der Waals surface area contributed by atoms with Crippen LogP contribution in [0.5, 0.6) is 0 Å².